The zero-order valence-corrected chi connectivity index (χ0v) is 11.8. The highest BCUT2D eigenvalue weighted by Crippen LogP contribution is 2.65. The molecule has 2 atom stereocenters. The van der Waals surface area contributed by atoms with Gasteiger partial charge in [0.2, 0.25) is 0 Å². The lowest BCUT2D eigenvalue weighted by Gasteiger charge is -2.02. The van der Waals surface area contributed by atoms with Crippen LogP contribution in [0.15, 0.2) is 28.7 Å². The summed E-state index contributed by atoms with van der Waals surface area (Å²) >= 11 is 3.39. The van der Waals surface area contributed by atoms with Crippen LogP contribution in [0.4, 0.5) is 0 Å². The van der Waals surface area contributed by atoms with E-state index in [-0.39, 0.29) is 6.61 Å². The van der Waals surface area contributed by atoms with Gasteiger partial charge in [0.15, 0.2) is 5.41 Å². The number of benzene rings is 1. The summed E-state index contributed by atoms with van der Waals surface area (Å²) in [6.07, 6.45) is 0. The Morgan fingerprint density at radius 3 is 2.58 bits per heavy atom. The summed E-state index contributed by atoms with van der Waals surface area (Å²) in [6, 6.07) is 11.3. The number of halogens is 1. The summed E-state index contributed by atoms with van der Waals surface area (Å²) in [6.45, 7) is 1.94. The van der Waals surface area contributed by atoms with Gasteiger partial charge in [0.05, 0.1) is 24.7 Å². The van der Waals surface area contributed by atoms with E-state index in [2.05, 4.69) is 15.9 Å². The number of rotatable bonds is 3. The van der Waals surface area contributed by atoms with Crippen LogP contribution in [-0.2, 0) is 9.53 Å². The third-order valence-corrected chi connectivity index (χ3v) is 4.08. The van der Waals surface area contributed by atoms with Crippen LogP contribution in [0.5, 0.6) is 0 Å². The van der Waals surface area contributed by atoms with Gasteiger partial charge in [0.1, 0.15) is 0 Å². The van der Waals surface area contributed by atoms with Gasteiger partial charge in [-0.1, -0.05) is 34.1 Å². The largest absolute Gasteiger partial charge is 0.466 e. The van der Waals surface area contributed by atoms with Crippen molar-refractivity contribution in [2.45, 2.75) is 12.8 Å². The first-order valence-electron chi connectivity index (χ1n) is 5.86. The van der Waals surface area contributed by atoms with Gasteiger partial charge >= 0.3 is 5.97 Å². The molecule has 0 amide bonds. The van der Waals surface area contributed by atoms with E-state index >= 15 is 0 Å². The molecular weight excluding hydrogens is 308 g/mol. The molecule has 1 fully saturated rings. The third kappa shape index (κ3) is 2.01. The Balaban J connectivity index is 2.41. The first-order chi connectivity index (χ1) is 9.12. The number of carbonyl (C=O) groups excluding carboxylic acids is 1. The predicted octanol–water partition coefficient (Wildman–Crippen LogP) is 2.76. The molecule has 96 valence electrons. The van der Waals surface area contributed by atoms with Crippen LogP contribution < -0.4 is 0 Å². The average molecular weight is 319 g/mol. The molecule has 0 bridgehead atoms. The van der Waals surface area contributed by atoms with E-state index in [0.717, 1.165) is 10.0 Å². The molecule has 1 aromatic carbocycles. The van der Waals surface area contributed by atoms with Crippen molar-refractivity contribution in [3.05, 3.63) is 34.3 Å². The van der Waals surface area contributed by atoms with Crippen LogP contribution in [0, 0.1) is 34.0 Å². The number of nitrogens with zero attached hydrogens (tertiary/aromatic N) is 2. The van der Waals surface area contributed by atoms with Crippen molar-refractivity contribution in [1.82, 2.24) is 0 Å². The third-order valence-electron chi connectivity index (χ3n) is 3.36. The van der Waals surface area contributed by atoms with E-state index in [4.69, 9.17) is 4.74 Å². The highest BCUT2D eigenvalue weighted by molar-refractivity contribution is 9.10. The van der Waals surface area contributed by atoms with Gasteiger partial charge in [-0.3, -0.25) is 4.79 Å². The van der Waals surface area contributed by atoms with Gasteiger partial charge in [0.25, 0.3) is 0 Å². The van der Waals surface area contributed by atoms with Crippen molar-refractivity contribution in [3.63, 3.8) is 0 Å². The SMILES string of the molecule is CCOC(=O)[C@H]1[C@H](c2ccccc2Br)C1(C#N)C#N. The Morgan fingerprint density at radius 2 is 2.05 bits per heavy atom. The fourth-order valence-corrected chi connectivity index (χ4v) is 2.93. The monoisotopic (exact) mass is 318 g/mol. The molecular formula is C14H11BrN2O2. The van der Waals surface area contributed by atoms with Gasteiger partial charge in [0, 0.05) is 10.4 Å². The minimum atomic E-state index is -1.31. The second-order valence-corrected chi connectivity index (χ2v) is 5.18. The molecule has 1 aromatic rings. The number of esters is 1. The molecule has 0 heterocycles. The Kier molecular flexibility index (Phi) is 3.59. The molecule has 0 radical (unpaired) electrons. The molecule has 0 aliphatic heterocycles. The van der Waals surface area contributed by atoms with Crippen LogP contribution in [0.25, 0.3) is 0 Å². The van der Waals surface area contributed by atoms with Crippen LogP contribution in [0.2, 0.25) is 0 Å². The number of hydrogen-bond acceptors (Lipinski definition) is 4. The van der Waals surface area contributed by atoms with Crippen molar-refractivity contribution < 1.29 is 9.53 Å². The minimum absolute atomic E-state index is 0.241. The Morgan fingerprint density at radius 1 is 1.42 bits per heavy atom. The smallest absolute Gasteiger partial charge is 0.312 e. The topological polar surface area (TPSA) is 73.9 Å². The molecule has 1 aliphatic rings. The van der Waals surface area contributed by atoms with Crippen LogP contribution in [-0.4, -0.2) is 12.6 Å². The van der Waals surface area contributed by atoms with E-state index in [1.165, 1.54) is 0 Å². The Bertz CT molecular complexity index is 586. The quantitative estimate of drug-likeness (QED) is 0.803. The molecule has 2 rings (SSSR count). The van der Waals surface area contributed by atoms with Crippen molar-refractivity contribution in [2.24, 2.45) is 11.3 Å². The van der Waals surface area contributed by atoms with Crippen molar-refractivity contribution in [3.8, 4) is 12.1 Å². The van der Waals surface area contributed by atoms with Gasteiger partial charge in [-0.2, -0.15) is 10.5 Å². The van der Waals surface area contributed by atoms with Gasteiger partial charge in [-0.25, -0.2) is 0 Å². The Hall–Kier alpha value is -1.85. The molecule has 5 heteroatoms. The van der Waals surface area contributed by atoms with Gasteiger partial charge in [-0.15, -0.1) is 0 Å². The summed E-state index contributed by atoms with van der Waals surface area (Å²) in [5.41, 5.74) is -0.514. The summed E-state index contributed by atoms with van der Waals surface area (Å²) in [5, 5.41) is 18.5. The number of ether oxygens (including phenoxy) is 1. The zero-order valence-electron chi connectivity index (χ0n) is 10.3. The number of carbonyl (C=O) groups is 1. The fourth-order valence-electron chi connectivity index (χ4n) is 2.40. The first-order valence-corrected chi connectivity index (χ1v) is 6.65. The molecule has 1 aliphatic carbocycles. The van der Waals surface area contributed by atoms with E-state index in [9.17, 15) is 15.3 Å². The second-order valence-electron chi connectivity index (χ2n) is 4.32. The first kappa shape index (κ1) is 13.6. The number of nitriles is 2. The van der Waals surface area contributed by atoms with E-state index in [0.29, 0.717) is 0 Å². The molecule has 0 unspecified atom stereocenters. The lowest BCUT2D eigenvalue weighted by atomic mass is 10.0. The van der Waals surface area contributed by atoms with Crippen LogP contribution in [0.1, 0.15) is 18.4 Å². The molecule has 0 aromatic heterocycles. The molecule has 0 saturated heterocycles. The Labute approximate surface area is 119 Å². The van der Waals surface area contributed by atoms with Crippen molar-refractivity contribution in [1.29, 1.82) is 10.5 Å². The maximum Gasteiger partial charge on any atom is 0.312 e. The lowest BCUT2D eigenvalue weighted by molar-refractivity contribution is -0.145. The van der Waals surface area contributed by atoms with E-state index in [1.54, 1.807) is 6.92 Å². The lowest BCUT2D eigenvalue weighted by Crippen LogP contribution is -2.11. The molecule has 19 heavy (non-hydrogen) atoms. The number of hydrogen-bond donors (Lipinski definition) is 0. The highest BCUT2D eigenvalue weighted by Gasteiger charge is 2.72. The predicted molar refractivity (Wildman–Crippen MR) is 70.7 cm³/mol. The average Bonchev–Trinajstić information content (AvgIpc) is 3.09. The van der Waals surface area contributed by atoms with Crippen molar-refractivity contribution >= 4 is 21.9 Å². The molecule has 0 N–H and O–H groups in total. The van der Waals surface area contributed by atoms with Gasteiger partial charge in [-0.05, 0) is 18.6 Å². The van der Waals surface area contributed by atoms with Crippen molar-refractivity contribution in [2.75, 3.05) is 6.61 Å². The zero-order chi connectivity index (χ0) is 14.0. The van der Waals surface area contributed by atoms with Gasteiger partial charge < -0.3 is 4.74 Å². The maximum atomic E-state index is 11.9. The second kappa shape index (κ2) is 5.03. The highest BCUT2D eigenvalue weighted by atomic mass is 79.9. The summed E-state index contributed by atoms with van der Waals surface area (Å²) in [4.78, 5) is 11.9. The van der Waals surface area contributed by atoms with Crippen LogP contribution >= 0.6 is 15.9 Å². The maximum absolute atomic E-state index is 11.9. The molecule has 4 nitrogen and oxygen atoms in total. The normalized spacial score (nSPS) is 22.9. The van der Waals surface area contributed by atoms with E-state index in [1.807, 2.05) is 36.4 Å². The summed E-state index contributed by atoms with van der Waals surface area (Å²) in [7, 11) is 0. The minimum Gasteiger partial charge on any atom is -0.466 e. The fraction of sp³-hybridized carbons (Fsp3) is 0.357. The summed E-state index contributed by atoms with van der Waals surface area (Å²) in [5.74, 6) is -1.62. The van der Waals surface area contributed by atoms with Crippen LogP contribution in [0.3, 0.4) is 0 Å². The molecule has 1 saturated carbocycles. The van der Waals surface area contributed by atoms with E-state index < -0.39 is 23.2 Å². The molecule has 0 spiro atoms. The standard InChI is InChI=1S/C14H11BrN2O2/c1-2-19-13(18)12-11(14(12,7-16)8-17)9-5-3-4-6-10(9)15/h3-6,11-12H,2H2,1H3/t11-,12+/m0/s1. The summed E-state index contributed by atoms with van der Waals surface area (Å²) < 4.78 is 5.75.